The SMILES string of the molecule is O=S(=O)(CCl)N1CCN(S(=O)(=O)Cc2ccccc2)CC1. The Morgan fingerprint density at radius 3 is 1.81 bits per heavy atom. The molecule has 1 aromatic carbocycles. The fourth-order valence-electron chi connectivity index (χ4n) is 2.17. The zero-order valence-electron chi connectivity index (χ0n) is 11.4. The van der Waals surface area contributed by atoms with Crippen molar-refractivity contribution >= 4 is 31.6 Å². The van der Waals surface area contributed by atoms with Crippen LogP contribution in [0.1, 0.15) is 5.56 Å². The second-order valence-corrected chi connectivity index (χ2v) is 9.28. The topological polar surface area (TPSA) is 74.8 Å². The van der Waals surface area contributed by atoms with Crippen LogP contribution in [-0.4, -0.2) is 56.8 Å². The molecule has 0 atom stereocenters. The van der Waals surface area contributed by atoms with Gasteiger partial charge in [0, 0.05) is 26.2 Å². The molecule has 0 bridgehead atoms. The van der Waals surface area contributed by atoms with Gasteiger partial charge in [0.25, 0.3) is 0 Å². The van der Waals surface area contributed by atoms with Gasteiger partial charge < -0.3 is 0 Å². The van der Waals surface area contributed by atoms with E-state index in [0.29, 0.717) is 5.56 Å². The molecule has 0 saturated carbocycles. The summed E-state index contributed by atoms with van der Waals surface area (Å²) in [6.45, 7) is 0.600. The minimum atomic E-state index is -3.47. The van der Waals surface area contributed by atoms with Crippen molar-refractivity contribution in [1.29, 1.82) is 0 Å². The van der Waals surface area contributed by atoms with Crippen molar-refractivity contribution < 1.29 is 16.8 Å². The molecule has 0 aromatic heterocycles. The summed E-state index contributed by atoms with van der Waals surface area (Å²) in [5, 5.41) is -0.482. The predicted molar refractivity (Wildman–Crippen MR) is 81.9 cm³/mol. The van der Waals surface area contributed by atoms with Crippen LogP contribution in [-0.2, 0) is 25.8 Å². The first kappa shape index (κ1) is 16.7. The zero-order valence-corrected chi connectivity index (χ0v) is 13.7. The molecule has 6 nitrogen and oxygen atoms in total. The molecule has 0 N–H and O–H groups in total. The van der Waals surface area contributed by atoms with E-state index < -0.39 is 25.3 Å². The van der Waals surface area contributed by atoms with E-state index in [-0.39, 0.29) is 31.9 Å². The summed E-state index contributed by atoms with van der Waals surface area (Å²) < 4.78 is 50.4. The van der Waals surface area contributed by atoms with Crippen LogP contribution in [0, 0.1) is 0 Å². The van der Waals surface area contributed by atoms with Crippen molar-refractivity contribution in [1.82, 2.24) is 8.61 Å². The standard InChI is InChI=1S/C12H17ClN2O4S2/c13-11-21(18,19)15-8-6-14(7-9-15)20(16,17)10-12-4-2-1-3-5-12/h1-5H,6-11H2. The lowest BCUT2D eigenvalue weighted by Crippen LogP contribution is -2.50. The Balaban J connectivity index is 2.01. The maximum absolute atomic E-state index is 12.3. The van der Waals surface area contributed by atoms with Crippen LogP contribution in [0.3, 0.4) is 0 Å². The van der Waals surface area contributed by atoms with Gasteiger partial charge in [0.05, 0.1) is 5.75 Å². The highest BCUT2D eigenvalue weighted by Crippen LogP contribution is 2.15. The molecule has 0 amide bonds. The first-order valence-electron chi connectivity index (χ1n) is 6.41. The summed E-state index contributed by atoms with van der Waals surface area (Å²) in [5.41, 5.74) is 0.716. The number of piperazine rings is 1. The lowest BCUT2D eigenvalue weighted by atomic mass is 10.2. The van der Waals surface area contributed by atoms with Crippen LogP contribution >= 0.6 is 11.6 Å². The summed E-state index contributed by atoms with van der Waals surface area (Å²) in [4.78, 5) is 0. The van der Waals surface area contributed by atoms with Crippen molar-refractivity contribution in [3.8, 4) is 0 Å². The van der Waals surface area contributed by atoms with Gasteiger partial charge in [0.1, 0.15) is 5.21 Å². The fraction of sp³-hybridized carbons (Fsp3) is 0.500. The third kappa shape index (κ3) is 4.17. The Bertz CT molecular complexity index is 668. The predicted octanol–water partition coefficient (Wildman–Crippen LogP) is 0.660. The number of alkyl halides is 1. The van der Waals surface area contributed by atoms with Gasteiger partial charge in [-0.05, 0) is 5.56 Å². The quantitative estimate of drug-likeness (QED) is 0.730. The highest BCUT2D eigenvalue weighted by atomic mass is 35.5. The normalized spacial score (nSPS) is 18.7. The van der Waals surface area contributed by atoms with Crippen LogP contribution in [0.5, 0.6) is 0 Å². The van der Waals surface area contributed by atoms with E-state index in [2.05, 4.69) is 0 Å². The molecule has 1 saturated heterocycles. The van der Waals surface area contributed by atoms with Gasteiger partial charge in [-0.3, -0.25) is 0 Å². The van der Waals surface area contributed by atoms with E-state index in [4.69, 9.17) is 11.6 Å². The van der Waals surface area contributed by atoms with E-state index in [1.807, 2.05) is 6.07 Å². The molecule has 1 aromatic rings. The number of hydrogen-bond donors (Lipinski definition) is 0. The van der Waals surface area contributed by atoms with Crippen LogP contribution in [0.25, 0.3) is 0 Å². The number of benzene rings is 1. The number of nitrogens with zero attached hydrogens (tertiary/aromatic N) is 2. The fourth-order valence-corrected chi connectivity index (χ4v) is 4.96. The summed E-state index contributed by atoms with van der Waals surface area (Å²) in [6.07, 6.45) is 0. The van der Waals surface area contributed by atoms with Gasteiger partial charge in [-0.1, -0.05) is 30.3 Å². The molecule has 21 heavy (non-hydrogen) atoms. The molecule has 0 radical (unpaired) electrons. The average Bonchev–Trinajstić information content (AvgIpc) is 2.48. The van der Waals surface area contributed by atoms with Crippen LogP contribution in [0.4, 0.5) is 0 Å². The number of halogens is 1. The Labute approximate surface area is 130 Å². The van der Waals surface area contributed by atoms with E-state index in [1.54, 1.807) is 24.3 Å². The number of hydrogen-bond acceptors (Lipinski definition) is 4. The molecular formula is C12H17ClN2O4S2. The highest BCUT2D eigenvalue weighted by Gasteiger charge is 2.31. The number of rotatable bonds is 5. The maximum atomic E-state index is 12.3. The van der Waals surface area contributed by atoms with Crippen molar-refractivity contribution in [2.24, 2.45) is 0 Å². The monoisotopic (exact) mass is 352 g/mol. The van der Waals surface area contributed by atoms with E-state index in [9.17, 15) is 16.8 Å². The van der Waals surface area contributed by atoms with Gasteiger partial charge in [-0.2, -0.15) is 8.61 Å². The van der Waals surface area contributed by atoms with Gasteiger partial charge in [-0.25, -0.2) is 16.8 Å². The maximum Gasteiger partial charge on any atom is 0.228 e. The third-order valence-electron chi connectivity index (χ3n) is 3.31. The largest absolute Gasteiger partial charge is 0.228 e. The molecule has 0 spiro atoms. The van der Waals surface area contributed by atoms with Crippen molar-refractivity contribution in [3.05, 3.63) is 35.9 Å². The van der Waals surface area contributed by atoms with E-state index in [0.717, 1.165) is 0 Å². The molecule has 1 aliphatic heterocycles. The lowest BCUT2D eigenvalue weighted by molar-refractivity contribution is 0.273. The smallest absolute Gasteiger partial charge is 0.212 e. The van der Waals surface area contributed by atoms with Crippen molar-refractivity contribution in [2.75, 3.05) is 31.4 Å². The van der Waals surface area contributed by atoms with E-state index in [1.165, 1.54) is 8.61 Å². The van der Waals surface area contributed by atoms with Crippen LogP contribution in [0.15, 0.2) is 30.3 Å². The van der Waals surface area contributed by atoms with Crippen LogP contribution < -0.4 is 0 Å². The molecule has 1 heterocycles. The molecule has 2 rings (SSSR count). The Morgan fingerprint density at radius 2 is 1.33 bits per heavy atom. The Morgan fingerprint density at radius 1 is 0.857 bits per heavy atom. The molecule has 0 unspecified atom stereocenters. The first-order valence-corrected chi connectivity index (χ1v) is 10.2. The second kappa shape index (κ2) is 6.62. The number of sulfonamides is 2. The third-order valence-corrected chi connectivity index (χ3v) is 7.42. The lowest BCUT2D eigenvalue weighted by Gasteiger charge is -2.32. The molecule has 0 aliphatic carbocycles. The minimum absolute atomic E-state index is 0.0733. The van der Waals surface area contributed by atoms with Crippen LogP contribution in [0.2, 0.25) is 0 Å². The van der Waals surface area contributed by atoms with E-state index >= 15 is 0 Å². The second-order valence-electron chi connectivity index (χ2n) is 4.76. The molecule has 118 valence electrons. The van der Waals surface area contributed by atoms with Gasteiger partial charge in [0.2, 0.25) is 20.0 Å². The van der Waals surface area contributed by atoms with Gasteiger partial charge in [-0.15, -0.1) is 11.6 Å². The summed E-state index contributed by atoms with van der Waals surface area (Å²) >= 11 is 5.40. The first-order chi connectivity index (χ1) is 9.85. The summed E-state index contributed by atoms with van der Waals surface area (Å²) in [7, 11) is -6.90. The minimum Gasteiger partial charge on any atom is -0.212 e. The Kier molecular flexibility index (Phi) is 5.26. The van der Waals surface area contributed by atoms with Crippen molar-refractivity contribution in [2.45, 2.75) is 5.75 Å². The molecule has 1 aliphatic rings. The van der Waals surface area contributed by atoms with Crippen molar-refractivity contribution in [3.63, 3.8) is 0 Å². The Hall–Kier alpha value is -0.670. The zero-order chi connectivity index (χ0) is 15.5. The average molecular weight is 353 g/mol. The molecule has 9 heteroatoms. The van der Waals surface area contributed by atoms with Gasteiger partial charge >= 0.3 is 0 Å². The molecule has 1 fully saturated rings. The highest BCUT2D eigenvalue weighted by molar-refractivity contribution is 7.90. The summed E-state index contributed by atoms with van der Waals surface area (Å²) in [5.74, 6) is -0.0733. The summed E-state index contributed by atoms with van der Waals surface area (Å²) in [6, 6.07) is 8.91. The van der Waals surface area contributed by atoms with Gasteiger partial charge in [0.15, 0.2) is 0 Å². The molecular weight excluding hydrogens is 336 g/mol.